The molecule has 15 heavy (non-hydrogen) atoms. The number of hydrogen-bond donors (Lipinski definition) is 1. The Labute approximate surface area is 87.7 Å². The summed E-state index contributed by atoms with van der Waals surface area (Å²) in [7, 11) is 0. The van der Waals surface area contributed by atoms with Crippen molar-refractivity contribution in [3.63, 3.8) is 0 Å². The molecule has 1 aromatic heterocycles. The van der Waals surface area contributed by atoms with E-state index in [0.29, 0.717) is 12.2 Å². The van der Waals surface area contributed by atoms with Gasteiger partial charge in [-0.15, -0.1) is 0 Å². The standard InChI is InChI=1S/C10H14N2O3/c1-7-9(15-6-11-7)10(14)12-4-2-3-8(12)5-13/h6,8,13H,2-5H2,1H3. The highest BCUT2D eigenvalue weighted by Crippen LogP contribution is 2.20. The van der Waals surface area contributed by atoms with Crippen LogP contribution in [0.25, 0.3) is 0 Å². The highest BCUT2D eigenvalue weighted by molar-refractivity contribution is 5.92. The van der Waals surface area contributed by atoms with Crippen LogP contribution in [0.15, 0.2) is 10.8 Å². The zero-order valence-corrected chi connectivity index (χ0v) is 8.64. The predicted octanol–water partition coefficient (Wildman–Crippen LogP) is 0.580. The van der Waals surface area contributed by atoms with E-state index in [1.165, 1.54) is 6.39 Å². The number of oxazole rings is 1. The second kappa shape index (κ2) is 4.02. The number of aliphatic hydroxyl groups excluding tert-OH is 1. The summed E-state index contributed by atoms with van der Waals surface area (Å²) in [6.07, 6.45) is 3.06. The molecule has 1 saturated heterocycles. The van der Waals surface area contributed by atoms with E-state index in [1.807, 2.05) is 0 Å². The molecule has 82 valence electrons. The van der Waals surface area contributed by atoms with Crippen LogP contribution in [0.4, 0.5) is 0 Å². The lowest BCUT2D eigenvalue weighted by molar-refractivity contribution is 0.0645. The molecule has 2 rings (SSSR count). The first-order valence-electron chi connectivity index (χ1n) is 5.06. The van der Waals surface area contributed by atoms with Crippen molar-refractivity contribution >= 4 is 5.91 Å². The summed E-state index contributed by atoms with van der Waals surface area (Å²) in [5.41, 5.74) is 0.601. The van der Waals surface area contributed by atoms with Crippen LogP contribution in [-0.2, 0) is 0 Å². The fourth-order valence-corrected chi connectivity index (χ4v) is 1.93. The van der Waals surface area contributed by atoms with Gasteiger partial charge in [-0.05, 0) is 19.8 Å². The Morgan fingerprint density at radius 1 is 1.80 bits per heavy atom. The molecule has 1 unspecified atom stereocenters. The molecular formula is C10H14N2O3. The lowest BCUT2D eigenvalue weighted by atomic mass is 10.2. The Bertz CT molecular complexity index is 361. The number of nitrogens with zero attached hydrogens (tertiary/aromatic N) is 2. The van der Waals surface area contributed by atoms with Crippen molar-refractivity contribution in [1.29, 1.82) is 0 Å². The van der Waals surface area contributed by atoms with Gasteiger partial charge in [0.05, 0.1) is 18.3 Å². The van der Waals surface area contributed by atoms with Gasteiger partial charge in [-0.2, -0.15) is 0 Å². The summed E-state index contributed by atoms with van der Waals surface area (Å²) in [5, 5.41) is 9.11. The maximum absolute atomic E-state index is 12.0. The van der Waals surface area contributed by atoms with Crippen molar-refractivity contribution in [1.82, 2.24) is 9.88 Å². The van der Waals surface area contributed by atoms with Gasteiger partial charge in [0.15, 0.2) is 6.39 Å². The molecule has 1 aliphatic heterocycles. The van der Waals surface area contributed by atoms with E-state index in [-0.39, 0.29) is 24.3 Å². The molecule has 1 fully saturated rings. The molecule has 1 aliphatic rings. The Morgan fingerprint density at radius 2 is 2.60 bits per heavy atom. The van der Waals surface area contributed by atoms with Crippen molar-refractivity contribution in [2.24, 2.45) is 0 Å². The van der Waals surface area contributed by atoms with Crippen LogP contribution >= 0.6 is 0 Å². The summed E-state index contributed by atoms with van der Waals surface area (Å²) in [6.45, 7) is 2.43. The van der Waals surface area contributed by atoms with E-state index < -0.39 is 0 Å². The number of aliphatic hydroxyl groups is 1. The molecule has 1 amide bonds. The zero-order valence-electron chi connectivity index (χ0n) is 8.64. The second-order valence-electron chi connectivity index (χ2n) is 3.74. The summed E-state index contributed by atoms with van der Waals surface area (Å²) >= 11 is 0. The number of rotatable bonds is 2. The topological polar surface area (TPSA) is 66.6 Å². The number of aromatic nitrogens is 1. The van der Waals surface area contributed by atoms with Gasteiger partial charge in [-0.25, -0.2) is 4.98 Å². The molecule has 1 atom stereocenters. The van der Waals surface area contributed by atoms with Gasteiger partial charge in [-0.3, -0.25) is 4.79 Å². The van der Waals surface area contributed by atoms with Crippen LogP contribution in [-0.4, -0.2) is 40.1 Å². The molecule has 0 saturated carbocycles. The average Bonchev–Trinajstić information content (AvgIpc) is 2.84. The maximum Gasteiger partial charge on any atom is 0.291 e. The van der Waals surface area contributed by atoms with E-state index in [1.54, 1.807) is 11.8 Å². The molecule has 0 aromatic carbocycles. The first-order valence-corrected chi connectivity index (χ1v) is 5.06. The third kappa shape index (κ3) is 1.74. The Hall–Kier alpha value is -1.36. The van der Waals surface area contributed by atoms with E-state index in [0.717, 1.165) is 12.8 Å². The Morgan fingerprint density at radius 3 is 3.20 bits per heavy atom. The molecule has 5 heteroatoms. The maximum atomic E-state index is 12.0. The van der Waals surface area contributed by atoms with E-state index in [4.69, 9.17) is 9.52 Å². The summed E-state index contributed by atoms with van der Waals surface area (Å²) in [4.78, 5) is 17.5. The molecular weight excluding hydrogens is 196 g/mol. The summed E-state index contributed by atoms with van der Waals surface area (Å²) in [6, 6.07) is -0.0676. The van der Waals surface area contributed by atoms with Crippen molar-refractivity contribution in [2.75, 3.05) is 13.2 Å². The lowest BCUT2D eigenvalue weighted by Crippen LogP contribution is -2.37. The smallest absolute Gasteiger partial charge is 0.291 e. The first kappa shape index (κ1) is 10.2. The molecule has 0 aliphatic carbocycles. The van der Waals surface area contributed by atoms with Crippen LogP contribution in [0.2, 0.25) is 0 Å². The molecule has 0 bridgehead atoms. The quantitative estimate of drug-likeness (QED) is 0.775. The zero-order chi connectivity index (χ0) is 10.8. The van der Waals surface area contributed by atoms with E-state index in [9.17, 15) is 4.79 Å². The van der Waals surface area contributed by atoms with Gasteiger partial charge in [0, 0.05) is 6.54 Å². The van der Waals surface area contributed by atoms with Gasteiger partial charge >= 0.3 is 0 Å². The van der Waals surface area contributed by atoms with Gasteiger partial charge < -0.3 is 14.4 Å². The monoisotopic (exact) mass is 210 g/mol. The molecule has 5 nitrogen and oxygen atoms in total. The molecule has 2 heterocycles. The Kier molecular flexibility index (Phi) is 2.73. The fraction of sp³-hybridized carbons (Fsp3) is 0.600. The highest BCUT2D eigenvalue weighted by Gasteiger charge is 2.31. The lowest BCUT2D eigenvalue weighted by Gasteiger charge is -2.21. The van der Waals surface area contributed by atoms with Crippen LogP contribution < -0.4 is 0 Å². The SMILES string of the molecule is Cc1ncoc1C(=O)N1CCCC1CO. The largest absolute Gasteiger partial charge is 0.438 e. The third-order valence-electron chi connectivity index (χ3n) is 2.79. The average molecular weight is 210 g/mol. The number of likely N-dealkylation sites (tertiary alicyclic amines) is 1. The van der Waals surface area contributed by atoms with Gasteiger partial charge in [0.25, 0.3) is 5.91 Å². The van der Waals surface area contributed by atoms with Gasteiger partial charge in [0.2, 0.25) is 5.76 Å². The van der Waals surface area contributed by atoms with Gasteiger partial charge in [0.1, 0.15) is 0 Å². The van der Waals surface area contributed by atoms with Crippen molar-refractivity contribution in [3.05, 3.63) is 17.8 Å². The molecule has 0 spiro atoms. The minimum atomic E-state index is -0.165. The second-order valence-corrected chi connectivity index (χ2v) is 3.74. The molecule has 1 aromatic rings. The van der Waals surface area contributed by atoms with Crippen LogP contribution in [0.5, 0.6) is 0 Å². The minimum absolute atomic E-state index is 0.0128. The normalized spacial score (nSPS) is 20.9. The Balaban J connectivity index is 2.18. The molecule has 0 radical (unpaired) electrons. The van der Waals surface area contributed by atoms with Crippen LogP contribution in [0, 0.1) is 6.92 Å². The van der Waals surface area contributed by atoms with E-state index in [2.05, 4.69) is 4.98 Å². The van der Waals surface area contributed by atoms with Crippen molar-refractivity contribution in [3.8, 4) is 0 Å². The predicted molar refractivity (Wildman–Crippen MR) is 52.4 cm³/mol. The number of amides is 1. The number of aryl methyl sites for hydroxylation is 1. The van der Waals surface area contributed by atoms with Crippen LogP contribution in [0.3, 0.4) is 0 Å². The van der Waals surface area contributed by atoms with Crippen LogP contribution in [0.1, 0.15) is 29.1 Å². The number of carbonyl (C=O) groups excluding carboxylic acids is 1. The minimum Gasteiger partial charge on any atom is -0.438 e. The van der Waals surface area contributed by atoms with Crippen molar-refractivity contribution < 1.29 is 14.3 Å². The molecule has 1 N–H and O–H groups in total. The number of carbonyl (C=O) groups is 1. The summed E-state index contributed by atoms with van der Waals surface area (Å²) < 4.78 is 5.05. The highest BCUT2D eigenvalue weighted by atomic mass is 16.3. The number of hydrogen-bond acceptors (Lipinski definition) is 4. The van der Waals surface area contributed by atoms with Crippen molar-refractivity contribution in [2.45, 2.75) is 25.8 Å². The third-order valence-corrected chi connectivity index (χ3v) is 2.79. The van der Waals surface area contributed by atoms with E-state index >= 15 is 0 Å². The fourth-order valence-electron chi connectivity index (χ4n) is 1.93. The summed E-state index contributed by atoms with van der Waals surface area (Å²) in [5.74, 6) is 0.122. The van der Waals surface area contributed by atoms with Gasteiger partial charge in [-0.1, -0.05) is 0 Å². The first-order chi connectivity index (χ1) is 7.24.